The first-order chi connectivity index (χ1) is 43.7. The largest absolute Gasteiger partial charge is 0.496 e. The first kappa shape index (κ1) is 81.5. The second-order valence-corrected chi connectivity index (χ2v) is 23.7. The summed E-state index contributed by atoms with van der Waals surface area (Å²) < 4.78 is 247. The third kappa shape index (κ3) is 19.3. The molecule has 0 spiro atoms. The molecular formula is C65H69Cl4F18N3O5. The van der Waals surface area contributed by atoms with Gasteiger partial charge in [0, 0.05) is 104 Å². The van der Waals surface area contributed by atoms with Crippen LogP contribution in [0.1, 0.15) is 109 Å². The first-order valence-corrected chi connectivity index (χ1v) is 30.5. The zero-order valence-electron chi connectivity index (χ0n) is 52.2. The second kappa shape index (κ2) is 32.6. The lowest BCUT2D eigenvalue weighted by Crippen LogP contribution is -2.53. The predicted octanol–water partition coefficient (Wildman–Crippen LogP) is 21.0. The van der Waals surface area contributed by atoms with E-state index in [1.54, 1.807) is 62.1 Å². The van der Waals surface area contributed by atoms with Gasteiger partial charge in [-0.25, -0.2) is 0 Å². The third-order valence-electron chi connectivity index (χ3n) is 15.4. The summed E-state index contributed by atoms with van der Waals surface area (Å²) in [6.07, 6.45) is -30.9. The van der Waals surface area contributed by atoms with E-state index in [-0.39, 0.29) is 0 Å². The number of alkyl halides is 18. The van der Waals surface area contributed by atoms with Crippen molar-refractivity contribution in [2.75, 3.05) is 48.6 Å². The Hall–Kier alpha value is -5.90. The van der Waals surface area contributed by atoms with Crippen molar-refractivity contribution >= 4 is 63.5 Å². The van der Waals surface area contributed by atoms with Crippen molar-refractivity contribution in [2.24, 2.45) is 0 Å². The zero-order valence-corrected chi connectivity index (χ0v) is 55.2. The molecule has 0 radical (unpaired) electrons. The Bertz CT molecular complexity index is 3220. The van der Waals surface area contributed by atoms with E-state index in [0.29, 0.717) is 130 Å². The number of ether oxygens (including phenoxy) is 2. The van der Waals surface area contributed by atoms with E-state index < -0.39 is 70.6 Å². The minimum absolute atomic E-state index is 0.294. The Labute approximate surface area is 557 Å². The van der Waals surface area contributed by atoms with E-state index >= 15 is 0 Å². The van der Waals surface area contributed by atoms with Gasteiger partial charge >= 0.3 is 37.1 Å². The summed E-state index contributed by atoms with van der Waals surface area (Å²) in [5.41, 5.74) is -13.1. The van der Waals surface area contributed by atoms with Crippen molar-refractivity contribution in [1.29, 1.82) is 0 Å². The molecule has 0 saturated carbocycles. The summed E-state index contributed by atoms with van der Waals surface area (Å²) in [5.74, 6) is 1.14. The van der Waals surface area contributed by atoms with Crippen LogP contribution in [0, 0.1) is 20.8 Å². The number of hydrogen-bond acceptors (Lipinski definition) is 8. The molecule has 30 heteroatoms. The molecule has 0 heterocycles. The fraction of sp³-hybridized carbons (Fsp3) is 0.446. The van der Waals surface area contributed by atoms with E-state index in [1.165, 1.54) is 14.2 Å². The van der Waals surface area contributed by atoms with Crippen LogP contribution in [0.4, 0.5) is 96.1 Å². The number of methoxy groups -OCH3 is 2. The van der Waals surface area contributed by atoms with Gasteiger partial charge in [-0.1, -0.05) is 123 Å². The molecule has 0 bridgehead atoms. The fourth-order valence-corrected chi connectivity index (χ4v) is 10.6. The van der Waals surface area contributed by atoms with E-state index in [0.717, 1.165) is 103 Å². The average Bonchev–Trinajstić information content (AvgIpc) is 0.762. The molecule has 528 valence electrons. The molecule has 0 amide bonds. The molecule has 0 unspecified atom stereocenters. The van der Waals surface area contributed by atoms with Crippen LogP contribution in [0.25, 0.3) is 0 Å². The predicted molar refractivity (Wildman–Crippen MR) is 332 cm³/mol. The number of benzene rings is 6. The fourth-order valence-electron chi connectivity index (χ4n) is 9.62. The third-order valence-corrected chi connectivity index (χ3v) is 16.9. The van der Waals surface area contributed by atoms with Crippen LogP contribution in [-0.4, -0.2) is 86.2 Å². The molecule has 0 aromatic heterocycles. The highest BCUT2D eigenvalue weighted by atomic mass is 35.5. The lowest BCUT2D eigenvalue weighted by atomic mass is 9.92. The Morgan fingerprint density at radius 3 is 0.726 bits per heavy atom. The molecule has 3 N–H and O–H groups in total. The smallest absolute Gasteiger partial charge is 0.430 e. The highest BCUT2D eigenvalue weighted by molar-refractivity contribution is 6.36. The number of hydrogen-bond donors (Lipinski definition) is 3. The monoisotopic (exact) mass is 1450 g/mol. The maximum Gasteiger partial charge on any atom is 0.430 e. The molecule has 6 aromatic carbocycles. The van der Waals surface area contributed by atoms with Crippen LogP contribution in [0.3, 0.4) is 0 Å². The van der Waals surface area contributed by atoms with Crippen LogP contribution in [-0.2, 0) is 36.4 Å². The van der Waals surface area contributed by atoms with Crippen LogP contribution in [0.15, 0.2) is 109 Å². The van der Waals surface area contributed by atoms with Crippen molar-refractivity contribution < 1.29 is 104 Å². The molecular weight excluding hydrogens is 1390 g/mol. The highest BCUT2D eigenvalue weighted by Gasteiger charge is 2.73. The maximum atomic E-state index is 13.1. The summed E-state index contributed by atoms with van der Waals surface area (Å²) in [6.45, 7) is 13.6. The molecule has 0 atom stereocenters. The van der Waals surface area contributed by atoms with Gasteiger partial charge in [-0.15, -0.1) is 0 Å². The standard InChI is InChI=1S/2C22H24ClF6NO2.C21H21Cl2F6NO/c2*1-4-5-10-30(13-15-11-18(23)14(2)19(12-15)32-3)17-8-6-16(7-9-17)20(31,21(24,25)26)22(27,28)29;1-3-4-9-30(12-14-10-17(22)13(2)18(23)11-14)16-7-5-15(6-8-16)19(31,20(24,25)26)21(27,28)29/h2*6-9,11-12,31H,4-5,10,13H2,1-3H3;5-8,10-11,31H,3-4,9,12H2,1-2H3. The number of nitrogens with zero attached hydrogens (tertiary/aromatic N) is 3. The van der Waals surface area contributed by atoms with Gasteiger partial charge in [0.2, 0.25) is 0 Å². The lowest BCUT2D eigenvalue weighted by molar-refractivity contribution is -0.376. The zero-order chi connectivity index (χ0) is 72.3. The van der Waals surface area contributed by atoms with Crippen molar-refractivity contribution in [2.45, 2.75) is 154 Å². The van der Waals surface area contributed by atoms with E-state index in [4.69, 9.17) is 55.9 Å². The van der Waals surface area contributed by atoms with Gasteiger partial charge in [0.25, 0.3) is 16.8 Å². The average molecular weight is 1460 g/mol. The van der Waals surface area contributed by atoms with Crippen LogP contribution in [0.5, 0.6) is 11.5 Å². The van der Waals surface area contributed by atoms with E-state index in [2.05, 4.69) is 0 Å². The molecule has 6 aromatic rings. The van der Waals surface area contributed by atoms with Gasteiger partial charge < -0.3 is 39.5 Å². The quantitative estimate of drug-likeness (QED) is 0.0547. The summed E-state index contributed by atoms with van der Waals surface area (Å²) >= 11 is 24.8. The second-order valence-electron chi connectivity index (χ2n) is 22.1. The van der Waals surface area contributed by atoms with Crippen molar-refractivity contribution in [3.63, 3.8) is 0 Å². The Morgan fingerprint density at radius 2 is 0.537 bits per heavy atom. The SMILES string of the molecule is CCCCN(Cc1cc(Cl)c(C)c(Cl)c1)c1ccc(C(O)(C(F)(F)F)C(F)(F)F)cc1.CCCCN(Cc1cc(Cl)c(C)c(OC)c1)c1ccc(C(O)(C(F)(F)F)C(F)(F)F)cc1.CCCCN(Cc1cc(Cl)c(C)c(OC)c1)c1ccc(C(O)(C(F)(F)F)C(F)(F)F)cc1. The molecule has 0 aliphatic rings. The van der Waals surface area contributed by atoms with Crippen LogP contribution >= 0.6 is 46.4 Å². The topological polar surface area (TPSA) is 88.9 Å². The minimum atomic E-state index is -5.93. The molecule has 95 heavy (non-hydrogen) atoms. The van der Waals surface area contributed by atoms with E-state index in [9.17, 15) is 94.3 Å². The van der Waals surface area contributed by atoms with Gasteiger partial charge in [-0.05, 0) is 135 Å². The first-order valence-electron chi connectivity index (χ1n) is 29.0. The van der Waals surface area contributed by atoms with Gasteiger partial charge in [-0.2, -0.15) is 79.0 Å². The number of unbranched alkanes of at least 4 members (excludes halogenated alkanes) is 3. The Balaban J connectivity index is 0.000000303. The summed E-state index contributed by atoms with van der Waals surface area (Å²) in [6, 6.07) is 21.2. The van der Waals surface area contributed by atoms with Crippen molar-refractivity contribution in [1.82, 2.24) is 0 Å². The molecule has 0 saturated heterocycles. The lowest BCUT2D eigenvalue weighted by Gasteiger charge is -2.33. The van der Waals surface area contributed by atoms with Crippen molar-refractivity contribution in [3.8, 4) is 11.5 Å². The normalized spacial score (nSPS) is 12.8. The molecule has 8 nitrogen and oxygen atoms in total. The Kier molecular flexibility index (Phi) is 28.0. The number of halogens is 22. The molecule has 6 rings (SSSR count). The number of aliphatic hydroxyl groups is 3. The Morgan fingerprint density at radius 1 is 0.337 bits per heavy atom. The maximum absolute atomic E-state index is 13.1. The van der Waals surface area contributed by atoms with Gasteiger partial charge in [0.05, 0.1) is 14.2 Å². The molecule has 0 aliphatic heterocycles. The molecule has 0 fully saturated rings. The summed E-state index contributed by atoms with van der Waals surface area (Å²) in [5, 5.41) is 30.6. The minimum Gasteiger partial charge on any atom is -0.496 e. The van der Waals surface area contributed by atoms with Crippen molar-refractivity contribution in [3.05, 3.63) is 179 Å². The van der Waals surface area contributed by atoms with Crippen LogP contribution < -0.4 is 24.2 Å². The van der Waals surface area contributed by atoms with Gasteiger partial charge in [0.15, 0.2) is 0 Å². The highest BCUT2D eigenvalue weighted by Crippen LogP contribution is 2.53. The number of rotatable bonds is 23. The van der Waals surface area contributed by atoms with Crippen LogP contribution in [0.2, 0.25) is 20.1 Å². The van der Waals surface area contributed by atoms with Gasteiger partial charge in [-0.3, -0.25) is 0 Å². The molecule has 0 aliphatic carbocycles. The van der Waals surface area contributed by atoms with E-state index in [1.807, 2.05) is 30.6 Å². The number of anilines is 3. The summed E-state index contributed by atoms with van der Waals surface area (Å²) in [7, 11) is 3.00. The summed E-state index contributed by atoms with van der Waals surface area (Å²) in [4.78, 5) is 5.42. The van der Waals surface area contributed by atoms with Gasteiger partial charge in [0.1, 0.15) is 11.5 Å².